The van der Waals surface area contributed by atoms with Gasteiger partial charge < -0.3 is 16.0 Å². The molecular weight excluding hydrogens is 254 g/mol. The maximum atomic E-state index is 11.9. The fourth-order valence-corrected chi connectivity index (χ4v) is 1.72. The van der Waals surface area contributed by atoms with Crippen LogP contribution in [0.1, 0.15) is 27.2 Å². The Balaban J connectivity index is 0. The van der Waals surface area contributed by atoms with Crippen molar-refractivity contribution in [1.29, 1.82) is 0 Å². The lowest BCUT2D eigenvalue weighted by Gasteiger charge is -2.24. The maximum Gasteiger partial charge on any atom is 0.239 e. The monoisotopic (exact) mass is 279 g/mol. The van der Waals surface area contributed by atoms with Crippen molar-refractivity contribution in [1.82, 2.24) is 10.2 Å². The molecule has 0 aromatic carbocycles. The second-order valence-electron chi connectivity index (χ2n) is 4.97. The highest BCUT2D eigenvalue weighted by molar-refractivity contribution is 5.85. The lowest BCUT2D eigenvalue weighted by molar-refractivity contribution is -0.133. The normalized spacial score (nSPS) is 13.5. The van der Waals surface area contributed by atoms with Crippen LogP contribution in [-0.2, 0) is 9.59 Å². The summed E-state index contributed by atoms with van der Waals surface area (Å²) >= 11 is 0. The molecule has 2 atom stereocenters. The zero-order chi connectivity index (χ0) is 13.6. The van der Waals surface area contributed by atoms with E-state index in [1.54, 1.807) is 21.0 Å². The van der Waals surface area contributed by atoms with Gasteiger partial charge in [-0.15, -0.1) is 12.4 Å². The minimum Gasteiger partial charge on any atom is -0.359 e. The number of nitrogens with one attached hydrogen (secondary N) is 1. The molecule has 0 aliphatic rings. The fraction of sp³-hybridized carbons (Fsp3) is 0.833. The highest BCUT2D eigenvalue weighted by Gasteiger charge is 2.22. The van der Waals surface area contributed by atoms with E-state index in [1.165, 1.54) is 4.90 Å². The Hall–Kier alpha value is -0.810. The van der Waals surface area contributed by atoms with Crippen LogP contribution < -0.4 is 11.1 Å². The SMILES string of the molecule is CNC(=O)C(C)CN(C)C(=O)[C@@H](N)CC(C)C.Cl. The molecule has 0 rings (SSSR count). The van der Waals surface area contributed by atoms with Crippen LogP contribution in [0.5, 0.6) is 0 Å². The zero-order valence-corrected chi connectivity index (χ0v) is 12.7. The van der Waals surface area contributed by atoms with Gasteiger partial charge >= 0.3 is 0 Å². The lowest BCUT2D eigenvalue weighted by atomic mass is 10.0. The van der Waals surface area contributed by atoms with Crippen molar-refractivity contribution in [3.8, 4) is 0 Å². The van der Waals surface area contributed by atoms with Crippen LogP contribution in [-0.4, -0.2) is 43.4 Å². The third-order valence-corrected chi connectivity index (χ3v) is 2.66. The van der Waals surface area contributed by atoms with Crippen LogP contribution in [0, 0.1) is 11.8 Å². The highest BCUT2D eigenvalue weighted by Crippen LogP contribution is 2.06. The molecule has 0 aromatic rings. The van der Waals surface area contributed by atoms with Gasteiger partial charge in [0.25, 0.3) is 0 Å². The van der Waals surface area contributed by atoms with Gasteiger partial charge in [0, 0.05) is 20.6 Å². The predicted octanol–water partition coefficient (Wildman–Crippen LogP) is 0.622. The number of nitrogens with zero attached hydrogens (tertiary/aromatic N) is 1. The summed E-state index contributed by atoms with van der Waals surface area (Å²) in [6.45, 7) is 6.24. The first-order valence-corrected chi connectivity index (χ1v) is 6.01. The highest BCUT2D eigenvalue weighted by atomic mass is 35.5. The number of nitrogens with two attached hydrogens (primary N) is 1. The molecule has 0 spiro atoms. The molecule has 0 aromatic heterocycles. The van der Waals surface area contributed by atoms with Crippen LogP contribution in [0.4, 0.5) is 0 Å². The minimum absolute atomic E-state index is 0. The summed E-state index contributed by atoms with van der Waals surface area (Å²) in [4.78, 5) is 24.8. The Kier molecular flexibility index (Phi) is 9.94. The van der Waals surface area contributed by atoms with E-state index in [-0.39, 0.29) is 30.1 Å². The largest absolute Gasteiger partial charge is 0.359 e. The molecular formula is C12H26ClN3O2. The van der Waals surface area contributed by atoms with Gasteiger partial charge in [-0.25, -0.2) is 0 Å². The van der Waals surface area contributed by atoms with Crippen LogP contribution in [0.15, 0.2) is 0 Å². The Morgan fingerprint density at radius 3 is 2.17 bits per heavy atom. The first-order chi connectivity index (χ1) is 7.79. The van der Waals surface area contributed by atoms with Crippen LogP contribution in [0.3, 0.4) is 0 Å². The third-order valence-electron chi connectivity index (χ3n) is 2.66. The summed E-state index contributed by atoms with van der Waals surface area (Å²) in [7, 11) is 3.27. The lowest BCUT2D eigenvalue weighted by Crippen LogP contribution is -2.45. The smallest absolute Gasteiger partial charge is 0.239 e. The number of hydrogen-bond donors (Lipinski definition) is 2. The molecule has 0 heterocycles. The van der Waals surface area contributed by atoms with Gasteiger partial charge in [-0.3, -0.25) is 9.59 Å². The number of likely N-dealkylation sites (N-methyl/N-ethyl adjacent to an activating group) is 1. The number of hydrogen-bond acceptors (Lipinski definition) is 3. The Bertz CT molecular complexity index is 272. The van der Waals surface area contributed by atoms with Crippen molar-refractivity contribution in [3.63, 3.8) is 0 Å². The molecule has 6 heteroatoms. The Morgan fingerprint density at radius 1 is 1.28 bits per heavy atom. The molecule has 2 amide bonds. The quantitative estimate of drug-likeness (QED) is 0.748. The van der Waals surface area contributed by atoms with E-state index >= 15 is 0 Å². The van der Waals surface area contributed by atoms with E-state index in [4.69, 9.17) is 5.73 Å². The van der Waals surface area contributed by atoms with Gasteiger partial charge in [-0.05, 0) is 12.3 Å². The maximum absolute atomic E-state index is 11.9. The topological polar surface area (TPSA) is 75.4 Å². The average Bonchev–Trinajstić information content (AvgIpc) is 2.25. The Morgan fingerprint density at radius 2 is 1.78 bits per heavy atom. The predicted molar refractivity (Wildman–Crippen MR) is 75.5 cm³/mol. The molecule has 0 saturated carbocycles. The van der Waals surface area contributed by atoms with Crippen molar-refractivity contribution >= 4 is 24.2 Å². The van der Waals surface area contributed by atoms with E-state index in [1.807, 2.05) is 13.8 Å². The molecule has 108 valence electrons. The van der Waals surface area contributed by atoms with Crippen molar-refractivity contribution in [2.45, 2.75) is 33.2 Å². The van der Waals surface area contributed by atoms with Crippen molar-refractivity contribution in [2.75, 3.05) is 20.6 Å². The van der Waals surface area contributed by atoms with Crippen LogP contribution >= 0.6 is 12.4 Å². The van der Waals surface area contributed by atoms with Gasteiger partial charge in [0.15, 0.2) is 0 Å². The van der Waals surface area contributed by atoms with E-state index in [2.05, 4.69) is 5.32 Å². The number of carbonyl (C=O) groups excluding carboxylic acids is 2. The first-order valence-electron chi connectivity index (χ1n) is 6.01. The number of carbonyl (C=O) groups is 2. The van der Waals surface area contributed by atoms with E-state index in [9.17, 15) is 9.59 Å². The summed E-state index contributed by atoms with van der Waals surface area (Å²) in [5, 5.41) is 2.56. The summed E-state index contributed by atoms with van der Waals surface area (Å²) in [6.07, 6.45) is 0.664. The molecule has 0 fully saturated rings. The molecule has 0 radical (unpaired) electrons. The molecule has 3 N–H and O–H groups in total. The summed E-state index contributed by atoms with van der Waals surface area (Å²) in [5.74, 6) is -0.00421. The summed E-state index contributed by atoms with van der Waals surface area (Å²) < 4.78 is 0. The fourth-order valence-electron chi connectivity index (χ4n) is 1.72. The molecule has 18 heavy (non-hydrogen) atoms. The summed E-state index contributed by atoms with van der Waals surface area (Å²) in [6, 6.07) is -0.475. The van der Waals surface area contributed by atoms with Crippen molar-refractivity contribution < 1.29 is 9.59 Å². The molecule has 0 saturated heterocycles. The van der Waals surface area contributed by atoms with Crippen LogP contribution in [0.25, 0.3) is 0 Å². The molecule has 5 nitrogen and oxygen atoms in total. The molecule has 0 aliphatic heterocycles. The van der Waals surface area contributed by atoms with Gasteiger partial charge in [-0.1, -0.05) is 20.8 Å². The number of halogens is 1. The number of rotatable bonds is 6. The van der Waals surface area contributed by atoms with E-state index < -0.39 is 6.04 Å². The first kappa shape index (κ1) is 19.5. The average molecular weight is 280 g/mol. The molecule has 1 unspecified atom stereocenters. The van der Waals surface area contributed by atoms with Crippen molar-refractivity contribution in [3.05, 3.63) is 0 Å². The third kappa shape index (κ3) is 6.81. The standard InChI is InChI=1S/C12H25N3O2.ClH/c1-8(2)6-10(13)12(17)15(5)7-9(3)11(16)14-4;/h8-10H,6-7,13H2,1-5H3,(H,14,16);1H/t9?,10-;/m0./s1. The van der Waals surface area contributed by atoms with E-state index in [0.29, 0.717) is 18.9 Å². The van der Waals surface area contributed by atoms with Crippen LogP contribution in [0.2, 0.25) is 0 Å². The second-order valence-corrected chi connectivity index (χ2v) is 4.97. The minimum atomic E-state index is -0.475. The second kappa shape index (κ2) is 9.16. The molecule has 0 aliphatic carbocycles. The number of amides is 2. The van der Waals surface area contributed by atoms with Gasteiger partial charge in [0.05, 0.1) is 12.0 Å². The van der Waals surface area contributed by atoms with E-state index in [0.717, 1.165) is 0 Å². The zero-order valence-electron chi connectivity index (χ0n) is 11.9. The van der Waals surface area contributed by atoms with Crippen molar-refractivity contribution in [2.24, 2.45) is 17.6 Å². The van der Waals surface area contributed by atoms with Gasteiger partial charge in [-0.2, -0.15) is 0 Å². The van der Waals surface area contributed by atoms with Gasteiger partial charge in [0.1, 0.15) is 0 Å². The van der Waals surface area contributed by atoms with Gasteiger partial charge in [0.2, 0.25) is 11.8 Å². The molecule has 0 bridgehead atoms. The Labute approximate surface area is 116 Å². The summed E-state index contributed by atoms with van der Waals surface area (Å²) in [5.41, 5.74) is 5.81.